The van der Waals surface area contributed by atoms with Crippen LogP contribution in [0.1, 0.15) is 39.6 Å². The summed E-state index contributed by atoms with van der Waals surface area (Å²) >= 11 is 0. The van der Waals surface area contributed by atoms with E-state index in [-0.39, 0.29) is 23.8 Å². The molecule has 0 aliphatic heterocycles. The van der Waals surface area contributed by atoms with Crippen LogP contribution in [0.2, 0.25) is 0 Å². The van der Waals surface area contributed by atoms with E-state index in [0.717, 1.165) is 5.56 Å². The second-order valence-electron chi connectivity index (χ2n) is 5.58. The maximum absolute atomic E-state index is 11.9. The molecule has 0 radical (unpaired) electrons. The largest absolute Gasteiger partial charge is 0.344 e. The zero-order valence-electron chi connectivity index (χ0n) is 12.7. The van der Waals surface area contributed by atoms with Gasteiger partial charge in [-0.2, -0.15) is 4.98 Å². The first-order chi connectivity index (χ1) is 9.99. The topological polar surface area (TPSA) is 80.9 Å². The summed E-state index contributed by atoms with van der Waals surface area (Å²) in [4.78, 5) is 20.3. The molecule has 0 saturated carbocycles. The summed E-state index contributed by atoms with van der Waals surface area (Å²) in [6.45, 7) is 7.70. The van der Waals surface area contributed by atoms with Gasteiger partial charge >= 0.3 is 0 Å². The average molecular weight is 288 g/mol. The Morgan fingerprint density at radius 3 is 2.62 bits per heavy atom. The van der Waals surface area contributed by atoms with Crippen LogP contribution in [0.3, 0.4) is 0 Å². The molecule has 0 aromatic carbocycles. The van der Waals surface area contributed by atoms with Crippen LogP contribution in [0.5, 0.6) is 0 Å². The van der Waals surface area contributed by atoms with Crippen LogP contribution in [0.4, 0.5) is 0 Å². The Balaban J connectivity index is 2.22. The monoisotopic (exact) mass is 288 g/mol. The van der Waals surface area contributed by atoms with E-state index in [1.54, 1.807) is 12.4 Å². The summed E-state index contributed by atoms with van der Waals surface area (Å²) in [6.07, 6.45) is 3.36. The van der Waals surface area contributed by atoms with Crippen LogP contribution < -0.4 is 5.32 Å². The summed E-state index contributed by atoms with van der Waals surface area (Å²) < 4.78 is 5.32. The van der Waals surface area contributed by atoms with Gasteiger partial charge in [-0.3, -0.25) is 9.78 Å². The number of amides is 1. The first-order valence-electron chi connectivity index (χ1n) is 7.03. The van der Waals surface area contributed by atoms with Gasteiger partial charge in [0.05, 0.1) is 0 Å². The minimum atomic E-state index is -0.294. The van der Waals surface area contributed by atoms with E-state index >= 15 is 0 Å². The van der Waals surface area contributed by atoms with Crippen LogP contribution in [0.25, 0.3) is 11.4 Å². The summed E-state index contributed by atoms with van der Waals surface area (Å²) in [5.41, 5.74) is 0.783. The van der Waals surface area contributed by atoms with Gasteiger partial charge in [0.1, 0.15) is 6.04 Å². The zero-order valence-corrected chi connectivity index (χ0v) is 12.7. The van der Waals surface area contributed by atoms with Crippen molar-refractivity contribution < 1.29 is 9.32 Å². The third-order valence-electron chi connectivity index (χ3n) is 3.12. The van der Waals surface area contributed by atoms with Crippen LogP contribution in [-0.2, 0) is 4.79 Å². The van der Waals surface area contributed by atoms with E-state index in [4.69, 9.17) is 4.52 Å². The first-order valence-corrected chi connectivity index (χ1v) is 7.03. The molecule has 6 nitrogen and oxygen atoms in total. The molecule has 112 valence electrons. The second-order valence-corrected chi connectivity index (χ2v) is 5.58. The van der Waals surface area contributed by atoms with Crippen molar-refractivity contribution in [3.63, 3.8) is 0 Å². The van der Waals surface area contributed by atoms with Crippen LogP contribution >= 0.6 is 0 Å². The number of carbonyl (C=O) groups excluding carboxylic acids is 1. The SMILES string of the molecule is CC(C)C(=O)NC(c1nc(-c2cccnc2)no1)C(C)C. The molecule has 0 spiro atoms. The average Bonchev–Trinajstić information content (AvgIpc) is 2.94. The number of nitrogens with zero attached hydrogens (tertiary/aromatic N) is 3. The number of hydrogen-bond donors (Lipinski definition) is 1. The molecule has 1 amide bonds. The highest BCUT2D eigenvalue weighted by atomic mass is 16.5. The van der Waals surface area contributed by atoms with Crippen molar-refractivity contribution in [1.29, 1.82) is 0 Å². The Morgan fingerprint density at radius 2 is 2.05 bits per heavy atom. The first kappa shape index (κ1) is 15.2. The summed E-state index contributed by atoms with van der Waals surface area (Å²) in [6, 6.07) is 3.38. The third kappa shape index (κ3) is 3.65. The fourth-order valence-corrected chi connectivity index (χ4v) is 1.81. The van der Waals surface area contributed by atoms with Gasteiger partial charge in [-0.1, -0.05) is 32.9 Å². The smallest absolute Gasteiger partial charge is 0.249 e. The van der Waals surface area contributed by atoms with E-state index in [2.05, 4.69) is 20.4 Å². The normalized spacial score (nSPS) is 12.7. The highest BCUT2D eigenvalue weighted by Crippen LogP contribution is 2.23. The van der Waals surface area contributed by atoms with Gasteiger partial charge in [-0.05, 0) is 18.1 Å². The molecular formula is C15H20N4O2. The summed E-state index contributed by atoms with van der Waals surface area (Å²) in [5.74, 6) is 0.914. The van der Waals surface area contributed by atoms with Gasteiger partial charge in [-0.25, -0.2) is 0 Å². The number of carbonyl (C=O) groups is 1. The maximum Gasteiger partial charge on any atom is 0.249 e. The van der Waals surface area contributed by atoms with Crippen LogP contribution in [0.15, 0.2) is 29.0 Å². The highest BCUT2D eigenvalue weighted by Gasteiger charge is 2.25. The molecule has 0 saturated heterocycles. The maximum atomic E-state index is 11.9. The molecule has 2 heterocycles. The van der Waals surface area contributed by atoms with E-state index in [0.29, 0.717) is 11.7 Å². The van der Waals surface area contributed by atoms with E-state index in [9.17, 15) is 4.79 Å². The predicted octanol–water partition coefficient (Wildman–Crippen LogP) is 2.60. The molecule has 0 aliphatic rings. The van der Waals surface area contributed by atoms with E-state index in [1.165, 1.54) is 0 Å². The Hall–Kier alpha value is -2.24. The molecule has 1 N–H and O–H groups in total. The molecular weight excluding hydrogens is 268 g/mol. The van der Waals surface area contributed by atoms with Gasteiger partial charge in [-0.15, -0.1) is 0 Å². The molecule has 0 bridgehead atoms. The van der Waals surface area contributed by atoms with Crippen molar-refractivity contribution in [2.45, 2.75) is 33.7 Å². The third-order valence-corrected chi connectivity index (χ3v) is 3.12. The number of hydrogen-bond acceptors (Lipinski definition) is 5. The standard InChI is InChI=1S/C15H20N4O2/c1-9(2)12(17-14(20)10(3)4)15-18-13(19-21-15)11-6-5-7-16-8-11/h5-10,12H,1-4H3,(H,17,20). The lowest BCUT2D eigenvalue weighted by Crippen LogP contribution is -2.34. The Kier molecular flexibility index (Phi) is 4.67. The predicted molar refractivity (Wildman–Crippen MR) is 78.1 cm³/mol. The molecule has 21 heavy (non-hydrogen) atoms. The fourth-order valence-electron chi connectivity index (χ4n) is 1.81. The Bertz CT molecular complexity index is 593. The molecule has 1 unspecified atom stereocenters. The van der Waals surface area contributed by atoms with Crippen molar-refractivity contribution >= 4 is 5.91 Å². The van der Waals surface area contributed by atoms with Crippen LogP contribution in [-0.4, -0.2) is 21.0 Å². The minimum absolute atomic E-state index is 0.0326. The summed E-state index contributed by atoms with van der Waals surface area (Å²) in [7, 11) is 0. The molecule has 0 aliphatic carbocycles. The summed E-state index contributed by atoms with van der Waals surface area (Å²) in [5, 5.41) is 6.91. The zero-order chi connectivity index (χ0) is 15.4. The highest BCUT2D eigenvalue weighted by molar-refractivity contribution is 5.78. The quantitative estimate of drug-likeness (QED) is 0.914. The van der Waals surface area contributed by atoms with Gasteiger partial charge < -0.3 is 9.84 Å². The lowest BCUT2D eigenvalue weighted by Gasteiger charge is -2.19. The van der Waals surface area contributed by atoms with Crippen molar-refractivity contribution in [1.82, 2.24) is 20.4 Å². The van der Waals surface area contributed by atoms with Gasteiger partial charge in [0.15, 0.2) is 0 Å². The number of pyridine rings is 1. The number of rotatable bonds is 5. The Labute approximate surface area is 124 Å². The fraction of sp³-hybridized carbons (Fsp3) is 0.467. The van der Waals surface area contributed by atoms with Crippen molar-refractivity contribution in [3.8, 4) is 11.4 Å². The van der Waals surface area contributed by atoms with E-state index in [1.807, 2.05) is 39.8 Å². The second kappa shape index (κ2) is 6.47. The van der Waals surface area contributed by atoms with Crippen molar-refractivity contribution in [2.75, 3.05) is 0 Å². The number of aromatic nitrogens is 3. The van der Waals surface area contributed by atoms with Gasteiger partial charge in [0, 0.05) is 23.9 Å². The Morgan fingerprint density at radius 1 is 1.29 bits per heavy atom. The molecule has 2 aromatic heterocycles. The lowest BCUT2D eigenvalue weighted by atomic mass is 10.0. The lowest BCUT2D eigenvalue weighted by molar-refractivity contribution is -0.125. The van der Waals surface area contributed by atoms with Gasteiger partial charge in [0.25, 0.3) is 0 Å². The molecule has 1 atom stereocenters. The minimum Gasteiger partial charge on any atom is -0.344 e. The van der Waals surface area contributed by atoms with Crippen molar-refractivity contribution in [2.24, 2.45) is 11.8 Å². The molecule has 6 heteroatoms. The molecule has 2 aromatic rings. The van der Waals surface area contributed by atoms with Gasteiger partial charge in [0.2, 0.25) is 17.6 Å². The number of nitrogens with one attached hydrogen (secondary N) is 1. The van der Waals surface area contributed by atoms with E-state index < -0.39 is 0 Å². The van der Waals surface area contributed by atoms with Crippen LogP contribution in [0, 0.1) is 11.8 Å². The molecule has 2 rings (SSSR count). The molecule has 0 fully saturated rings. The van der Waals surface area contributed by atoms with Crippen molar-refractivity contribution in [3.05, 3.63) is 30.4 Å².